The molecule has 0 heterocycles. The molecular formula is C16H19BrN2O2. The maximum atomic E-state index is 5.79. The number of aryl methyl sites for hydroxylation is 1. The van der Waals surface area contributed by atoms with E-state index < -0.39 is 0 Å². The first-order chi connectivity index (χ1) is 10.1. The zero-order chi connectivity index (χ0) is 15.4. The van der Waals surface area contributed by atoms with Crippen molar-refractivity contribution in [1.29, 1.82) is 0 Å². The van der Waals surface area contributed by atoms with Crippen LogP contribution in [0.1, 0.15) is 22.7 Å². The van der Waals surface area contributed by atoms with Gasteiger partial charge in [-0.15, -0.1) is 0 Å². The molecule has 0 aliphatic carbocycles. The summed E-state index contributed by atoms with van der Waals surface area (Å²) in [5, 5.41) is 0. The Morgan fingerprint density at radius 3 is 2.48 bits per heavy atom. The highest BCUT2D eigenvalue weighted by atomic mass is 79.9. The van der Waals surface area contributed by atoms with E-state index in [0.29, 0.717) is 0 Å². The lowest BCUT2D eigenvalue weighted by atomic mass is 9.97. The average molecular weight is 351 g/mol. The molecule has 112 valence electrons. The van der Waals surface area contributed by atoms with Gasteiger partial charge < -0.3 is 9.47 Å². The van der Waals surface area contributed by atoms with Crippen molar-refractivity contribution in [3.05, 3.63) is 57.6 Å². The van der Waals surface area contributed by atoms with E-state index >= 15 is 0 Å². The minimum Gasteiger partial charge on any atom is -0.497 e. The maximum absolute atomic E-state index is 5.79. The van der Waals surface area contributed by atoms with Crippen molar-refractivity contribution in [2.45, 2.75) is 13.0 Å². The standard InChI is InChI=1S/C16H19BrN2O2/c1-10-5-4-6-13(15(10)17)16(19-18)12-8-7-11(20-2)9-14(12)21-3/h4-9,16,19H,18H2,1-3H3. The van der Waals surface area contributed by atoms with Gasteiger partial charge >= 0.3 is 0 Å². The number of ether oxygens (including phenoxy) is 2. The third kappa shape index (κ3) is 3.20. The number of rotatable bonds is 5. The van der Waals surface area contributed by atoms with Crippen molar-refractivity contribution in [3.8, 4) is 11.5 Å². The second-order valence-electron chi connectivity index (χ2n) is 4.69. The van der Waals surface area contributed by atoms with Crippen LogP contribution in [-0.4, -0.2) is 14.2 Å². The van der Waals surface area contributed by atoms with Crippen LogP contribution in [-0.2, 0) is 0 Å². The summed E-state index contributed by atoms with van der Waals surface area (Å²) in [4.78, 5) is 0. The lowest BCUT2D eigenvalue weighted by Gasteiger charge is -2.22. The van der Waals surface area contributed by atoms with Gasteiger partial charge in [-0.2, -0.15) is 0 Å². The molecule has 0 aliphatic rings. The van der Waals surface area contributed by atoms with Crippen molar-refractivity contribution in [1.82, 2.24) is 5.43 Å². The Bertz CT molecular complexity index is 632. The van der Waals surface area contributed by atoms with Crippen LogP contribution >= 0.6 is 15.9 Å². The van der Waals surface area contributed by atoms with Crippen LogP contribution in [0.2, 0.25) is 0 Å². The molecule has 0 saturated heterocycles. The molecule has 3 N–H and O–H groups in total. The topological polar surface area (TPSA) is 56.5 Å². The fraction of sp³-hybridized carbons (Fsp3) is 0.250. The molecule has 2 aromatic rings. The zero-order valence-electron chi connectivity index (χ0n) is 12.3. The first-order valence-electron chi connectivity index (χ1n) is 6.55. The van der Waals surface area contributed by atoms with E-state index in [2.05, 4.69) is 21.4 Å². The van der Waals surface area contributed by atoms with Crippen LogP contribution in [0.5, 0.6) is 11.5 Å². The summed E-state index contributed by atoms with van der Waals surface area (Å²) in [5.41, 5.74) is 6.02. The normalized spacial score (nSPS) is 12.0. The van der Waals surface area contributed by atoms with E-state index in [1.54, 1.807) is 14.2 Å². The van der Waals surface area contributed by atoms with Gasteiger partial charge in [0.2, 0.25) is 0 Å². The number of methoxy groups -OCH3 is 2. The molecule has 0 aromatic heterocycles. The van der Waals surface area contributed by atoms with Gasteiger partial charge in [0.1, 0.15) is 11.5 Å². The van der Waals surface area contributed by atoms with Crippen LogP contribution in [0.4, 0.5) is 0 Å². The number of nitrogens with two attached hydrogens (primary N) is 1. The number of hydrogen-bond acceptors (Lipinski definition) is 4. The summed E-state index contributed by atoms with van der Waals surface area (Å²) < 4.78 is 11.7. The highest BCUT2D eigenvalue weighted by Gasteiger charge is 2.20. The van der Waals surface area contributed by atoms with Gasteiger partial charge in [0.25, 0.3) is 0 Å². The number of hydrogen-bond donors (Lipinski definition) is 2. The molecule has 0 fully saturated rings. The van der Waals surface area contributed by atoms with Gasteiger partial charge in [0.15, 0.2) is 0 Å². The Hall–Kier alpha value is -1.56. The van der Waals surface area contributed by atoms with Gasteiger partial charge in [0, 0.05) is 16.1 Å². The van der Waals surface area contributed by atoms with E-state index in [4.69, 9.17) is 15.3 Å². The van der Waals surface area contributed by atoms with Crippen LogP contribution in [0.15, 0.2) is 40.9 Å². The minimum atomic E-state index is -0.180. The van der Waals surface area contributed by atoms with Crippen LogP contribution in [0, 0.1) is 6.92 Å². The lowest BCUT2D eigenvalue weighted by molar-refractivity contribution is 0.387. The molecule has 1 unspecified atom stereocenters. The summed E-state index contributed by atoms with van der Waals surface area (Å²) in [6, 6.07) is 11.6. The number of halogens is 1. The van der Waals surface area contributed by atoms with E-state index in [1.165, 1.54) is 0 Å². The Morgan fingerprint density at radius 1 is 1.10 bits per heavy atom. The van der Waals surface area contributed by atoms with Gasteiger partial charge in [-0.25, -0.2) is 5.43 Å². The second-order valence-corrected chi connectivity index (χ2v) is 5.48. The molecule has 21 heavy (non-hydrogen) atoms. The van der Waals surface area contributed by atoms with Gasteiger partial charge in [0.05, 0.1) is 20.3 Å². The van der Waals surface area contributed by atoms with Crippen molar-refractivity contribution in [2.75, 3.05) is 14.2 Å². The highest BCUT2D eigenvalue weighted by molar-refractivity contribution is 9.10. The molecule has 5 heteroatoms. The minimum absolute atomic E-state index is 0.180. The van der Waals surface area contributed by atoms with Crippen molar-refractivity contribution in [2.24, 2.45) is 5.84 Å². The van der Waals surface area contributed by atoms with Crippen molar-refractivity contribution < 1.29 is 9.47 Å². The smallest absolute Gasteiger partial charge is 0.127 e. The molecule has 1 atom stereocenters. The molecular weight excluding hydrogens is 332 g/mol. The van der Waals surface area contributed by atoms with Crippen LogP contribution in [0.3, 0.4) is 0 Å². The Labute approximate surface area is 133 Å². The van der Waals surface area contributed by atoms with E-state index in [9.17, 15) is 0 Å². The van der Waals surface area contributed by atoms with E-state index in [0.717, 1.165) is 32.7 Å². The predicted molar refractivity (Wildman–Crippen MR) is 87.6 cm³/mol. The first-order valence-corrected chi connectivity index (χ1v) is 7.34. The predicted octanol–water partition coefficient (Wildman–Crippen LogP) is 3.33. The Kier molecular flexibility index (Phi) is 5.22. The van der Waals surface area contributed by atoms with Crippen LogP contribution in [0.25, 0.3) is 0 Å². The quantitative estimate of drug-likeness (QED) is 0.641. The van der Waals surface area contributed by atoms with Crippen molar-refractivity contribution >= 4 is 15.9 Å². The molecule has 2 rings (SSSR count). The Morgan fingerprint density at radius 2 is 1.86 bits per heavy atom. The van der Waals surface area contributed by atoms with Crippen LogP contribution < -0.4 is 20.7 Å². The summed E-state index contributed by atoms with van der Waals surface area (Å²) in [7, 11) is 3.27. The van der Waals surface area contributed by atoms with Crippen molar-refractivity contribution in [3.63, 3.8) is 0 Å². The zero-order valence-corrected chi connectivity index (χ0v) is 13.9. The first kappa shape index (κ1) is 15.8. The second kappa shape index (κ2) is 6.93. The van der Waals surface area contributed by atoms with Gasteiger partial charge in [-0.3, -0.25) is 5.84 Å². The Balaban J connectivity index is 2.53. The van der Waals surface area contributed by atoms with Gasteiger partial charge in [-0.05, 0) is 30.2 Å². The molecule has 0 aliphatic heterocycles. The monoisotopic (exact) mass is 350 g/mol. The summed E-state index contributed by atoms with van der Waals surface area (Å²) in [6.45, 7) is 2.05. The number of nitrogens with one attached hydrogen (secondary N) is 1. The molecule has 0 bridgehead atoms. The largest absolute Gasteiger partial charge is 0.497 e. The third-order valence-electron chi connectivity index (χ3n) is 3.45. The molecule has 2 aromatic carbocycles. The average Bonchev–Trinajstić information content (AvgIpc) is 2.52. The fourth-order valence-electron chi connectivity index (χ4n) is 2.30. The molecule has 4 nitrogen and oxygen atoms in total. The molecule has 0 spiro atoms. The molecule has 0 radical (unpaired) electrons. The molecule has 0 saturated carbocycles. The third-order valence-corrected chi connectivity index (χ3v) is 4.53. The summed E-state index contributed by atoms with van der Waals surface area (Å²) in [6.07, 6.45) is 0. The van der Waals surface area contributed by atoms with E-state index in [1.807, 2.05) is 43.3 Å². The summed E-state index contributed by atoms with van der Waals surface area (Å²) in [5.74, 6) is 7.26. The lowest BCUT2D eigenvalue weighted by Crippen LogP contribution is -2.29. The van der Waals surface area contributed by atoms with Gasteiger partial charge in [-0.1, -0.05) is 34.1 Å². The fourth-order valence-corrected chi connectivity index (χ4v) is 2.79. The number of hydrazine groups is 1. The molecule has 0 amide bonds. The van der Waals surface area contributed by atoms with E-state index in [-0.39, 0.29) is 6.04 Å². The maximum Gasteiger partial charge on any atom is 0.127 e. The SMILES string of the molecule is COc1ccc(C(NN)c2cccc(C)c2Br)c(OC)c1. The summed E-state index contributed by atoms with van der Waals surface area (Å²) >= 11 is 3.63. The number of benzene rings is 2. The highest BCUT2D eigenvalue weighted by Crippen LogP contribution is 2.36.